The molecule has 0 spiro atoms. The van der Waals surface area contributed by atoms with Gasteiger partial charge in [0.1, 0.15) is 5.69 Å². The van der Waals surface area contributed by atoms with Gasteiger partial charge in [-0.3, -0.25) is 0 Å². The Morgan fingerprint density at radius 3 is 2.56 bits per heavy atom. The lowest BCUT2D eigenvalue weighted by Gasteiger charge is -2.35. The maximum atomic E-state index is 12.5. The summed E-state index contributed by atoms with van der Waals surface area (Å²) in [4.78, 5) is 16.4. The van der Waals surface area contributed by atoms with Crippen molar-refractivity contribution in [1.29, 1.82) is 0 Å². The predicted octanol–water partition coefficient (Wildman–Crippen LogP) is 3.40. The maximum Gasteiger partial charge on any atom is 0.321 e. The largest absolute Gasteiger partial charge is 0.463 e. The summed E-state index contributed by atoms with van der Waals surface area (Å²) in [5.41, 5.74) is 2.65. The van der Waals surface area contributed by atoms with Crippen LogP contribution in [0.4, 0.5) is 16.3 Å². The number of amides is 2. The molecule has 0 bridgehead atoms. The summed E-state index contributed by atoms with van der Waals surface area (Å²) in [6.45, 7) is 4.72. The molecule has 1 aliphatic rings. The third kappa shape index (κ3) is 3.92. The van der Waals surface area contributed by atoms with Crippen molar-refractivity contribution in [1.82, 2.24) is 15.1 Å². The molecule has 7 heteroatoms. The third-order valence-electron chi connectivity index (χ3n) is 4.58. The van der Waals surface area contributed by atoms with Gasteiger partial charge >= 0.3 is 6.03 Å². The first-order chi connectivity index (χ1) is 13.2. The summed E-state index contributed by atoms with van der Waals surface area (Å²) in [6.07, 6.45) is 1.62. The average Bonchev–Trinajstić information content (AvgIpc) is 3.23. The molecule has 1 saturated heterocycles. The lowest BCUT2D eigenvalue weighted by Crippen LogP contribution is -2.50. The van der Waals surface area contributed by atoms with Crippen molar-refractivity contribution in [3.05, 3.63) is 60.4 Å². The highest BCUT2D eigenvalue weighted by Gasteiger charge is 2.22. The number of hydrogen-bond acceptors (Lipinski definition) is 5. The maximum absolute atomic E-state index is 12.5. The van der Waals surface area contributed by atoms with E-state index in [9.17, 15) is 4.79 Å². The Hall–Kier alpha value is -3.35. The van der Waals surface area contributed by atoms with Gasteiger partial charge in [-0.05, 0) is 48.9 Å². The van der Waals surface area contributed by atoms with Crippen LogP contribution in [0.25, 0.3) is 11.5 Å². The standard InChI is InChI=1S/C20H21N5O2/c1-15-4-2-5-16(14-15)21-20(26)25-11-9-24(10-12-25)19-8-7-17(22-23-19)18-6-3-13-27-18/h2-8,13-14H,9-12H2,1H3,(H,21,26). The highest BCUT2D eigenvalue weighted by atomic mass is 16.3. The van der Waals surface area contributed by atoms with Crippen LogP contribution in [-0.2, 0) is 0 Å². The predicted molar refractivity (Wildman–Crippen MR) is 104 cm³/mol. The molecule has 1 aromatic carbocycles. The first kappa shape index (κ1) is 17.1. The molecule has 3 heterocycles. The molecule has 0 atom stereocenters. The van der Waals surface area contributed by atoms with Crippen LogP contribution in [0.5, 0.6) is 0 Å². The number of aromatic nitrogens is 2. The molecule has 1 fully saturated rings. The fraction of sp³-hybridized carbons (Fsp3) is 0.250. The van der Waals surface area contributed by atoms with E-state index in [1.165, 1.54) is 0 Å². The number of anilines is 2. The molecule has 1 N–H and O–H groups in total. The molecule has 0 radical (unpaired) electrons. The second kappa shape index (κ2) is 7.49. The summed E-state index contributed by atoms with van der Waals surface area (Å²) >= 11 is 0. The number of nitrogens with one attached hydrogen (secondary N) is 1. The molecule has 3 aromatic rings. The zero-order valence-corrected chi connectivity index (χ0v) is 15.1. The fourth-order valence-electron chi connectivity index (χ4n) is 3.11. The molecular weight excluding hydrogens is 342 g/mol. The van der Waals surface area contributed by atoms with Crippen LogP contribution < -0.4 is 10.2 Å². The number of aryl methyl sites for hydroxylation is 1. The van der Waals surface area contributed by atoms with Gasteiger partial charge in [-0.2, -0.15) is 0 Å². The van der Waals surface area contributed by atoms with Crippen molar-refractivity contribution in [2.45, 2.75) is 6.92 Å². The molecule has 0 aliphatic carbocycles. The zero-order valence-electron chi connectivity index (χ0n) is 15.1. The number of benzene rings is 1. The second-order valence-corrected chi connectivity index (χ2v) is 6.53. The van der Waals surface area contributed by atoms with Gasteiger partial charge in [0.05, 0.1) is 6.26 Å². The average molecular weight is 363 g/mol. The number of carbonyl (C=O) groups is 1. The molecule has 138 valence electrons. The highest BCUT2D eigenvalue weighted by Crippen LogP contribution is 2.20. The van der Waals surface area contributed by atoms with Gasteiger partial charge < -0.3 is 19.5 Å². The van der Waals surface area contributed by atoms with Crippen LogP contribution in [-0.4, -0.2) is 47.3 Å². The van der Waals surface area contributed by atoms with E-state index < -0.39 is 0 Å². The Morgan fingerprint density at radius 2 is 1.89 bits per heavy atom. The number of furan rings is 1. The minimum absolute atomic E-state index is 0.0699. The Kier molecular flexibility index (Phi) is 4.74. The number of nitrogens with zero attached hydrogens (tertiary/aromatic N) is 4. The minimum Gasteiger partial charge on any atom is -0.463 e. The van der Waals surface area contributed by atoms with E-state index in [4.69, 9.17) is 4.42 Å². The first-order valence-corrected chi connectivity index (χ1v) is 8.94. The highest BCUT2D eigenvalue weighted by molar-refractivity contribution is 5.89. The van der Waals surface area contributed by atoms with Crippen LogP contribution in [0.2, 0.25) is 0 Å². The molecule has 1 aliphatic heterocycles. The normalized spacial score (nSPS) is 14.3. The van der Waals surface area contributed by atoms with Crippen molar-refractivity contribution in [3.63, 3.8) is 0 Å². The molecule has 4 rings (SSSR count). The summed E-state index contributed by atoms with van der Waals surface area (Å²) in [7, 11) is 0. The Labute approximate surface area is 157 Å². The van der Waals surface area contributed by atoms with Crippen LogP contribution in [0, 0.1) is 6.92 Å². The van der Waals surface area contributed by atoms with Gasteiger partial charge in [0.15, 0.2) is 11.6 Å². The van der Waals surface area contributed by atoms with E-state index in [2.05, 4.69) is 20.4 Å². The van der Waals surface area contributed by atoms with E-state index in [0.717, 1.165) is 30.2 Å². The fourth-order valence-corrected chi connectivity index (χ4v) is 3.11. The Bertz CT molecular complexity index is 900. The van der Waals surface area contributed by atoms with E-state index in [-0.39, 0.29) is 6.03 Å². The van der Waals surface area contributed by atoms with Crippen molar-refractivity contribution in [2.24, 2.45) is 0 Å². The van der Waals surface area contributed by atoms with Crippen molar-refractivity contribution >= 4 is 17.5 Å². The van der Waals surface area contributed by atoms with Crippen LogP contribution in [0.15, 0.2) is 59.2 Å². The van der Waals surface area contributed by atoms with Gasteiger partial charge in [-0.25, -0.2) is 4.79 Å². The zero-order chi connectivity index (χ0) is 18.6. The van der Waals surface area contributed by atoms with E-state index in [1.807, 2.05) is 60.4 Å². The molecule has 0 unspecified atom stereocenters. The number of urea groups is 1. The number of rotatable bonds is 3. The summed E-state index contributed by atoms with van der Waals surface area (Å²) in [5, 5.41) is 11.5. The van der Waals surface area contributed by atoms with Crippen molar-refractivity contribution < 1.29 is 9.21 Å². The van der Waals surface area contributed by atoms with Gasteiger partial charge in [0, 0.05) is 31.9 Å². The second-order valence-electron chi connectivity index (χ2n) is 6.53. The SMILES string of the molecule is Cc1cccc(NC(=O)N2CCN(c3ccc(-c4ccco4)nn3)CC2)c1. The van der Waals surface area contributed by atoms with E-state index >= 15 is 0 Å². The lowest BCUT2D eigenvalue weighted by molar-refractivity contribution is 0.208. The summed E-state index contributed by atoms with van der Waals surface area (Å²) in [5.74, 6) is 1.51. The van der Waals surface area contributed by atoms with Gasteiger partial charge in [0.2, 0.25) is 0 Å². The number of hydrogen-bond donors (Lipinski definition) is 1. The van der Waals surface area contributed by atoms with Gasteiger partial charge in [-0.1, -0.05) is 12.1 Å². The lowest BCUT2D eigenvalue weighted by atomic mass is 10.2. The topological polar surface area (TPSA) is 74.5 Å². The smallest absolute Gasteiger partial charge is 0.321 e. The van der Waals surface area contributed by atoms with Gasteiger partial charge in [0.25, 0.3) is 0 Å². The third-order valence-corrected chi connectivity index (χ3v) is 4.58. The summed E-state index contributed by atoms with van der Waals surface area (Å²) < 4.78 is 5.33. The number of piperazine rings is 1. The monoisotopic (exact) mass is 363 g/mol. The minimum atomic E-state index is -0.0699. The van der Waals surface area contributed by atoms with Crippen molar-refractivity contribution in [2.75, 3.05) is 36.4 Å². The summed E-state index contributed by atoms with van der Waals surface area (Å²) in [6, 6.07) is 15.3. The van der Waals surface area contributed by atoms with Crippen LogP contribution >= 0.6 is 0 Å². The Morgan fingerprint density at radius 1 is 1.04 bits per heavy atom. The first-order valence-electron chi connectivity index (χ1n) is 8.94. The molecule has 27 heavy (non-hydrogen) atoms. The molecule has 2 aromatic heterocycles. The molecule has 0 saturated carbocycles. The van der Waals surface area contributed by atoms with E-state index in [0.29, 0.717) is 24.5 Å². The molecular formula is C20H21N5O2. The van der Waals surface area contributed by atoms with Crippen LogP contribution in [0.3, 0.4) is 0 Å². The quantitative estimate of drug-likeness (QED) is 0.772. The van der Waals surface area contributed by atoms with Crippen LogP contribution in [0.1, 0.15) is 5.56 Å². The molecule has 2 amide bonds. The number of carbonyl (C=O) groups excluding carboxylic acids is 1. The van der Waals surface area contributed by atoms with E-state index in [1.54, 1.807) is 6.26 Å². The molecule has 7 nitrogen and oxygen atoms in total. The van der Waals surface area contributed by atoms with Crippen molar-refractivity contribution in [3.8, 4) is 11.5 Å². The Balaban J connectivity index is 1.34. The van der Waals surface area contributed by atoms with Gasteiger partial charge in [-0.15, -0.1) is 10.2 Å².